The van der Waals surface area contributed by atoms with Gasteiger partial charge in [0.25, 0.3) is 5.56 Å². The molecule has 1 aromatic heterocycles. The van der Waals surface area contributed by atoms with Crippen molar-refractivity contribution in [3.8, 4) is 11.5 Å². The zero-order chi connectivity index (χ0) is 21.1. The van der Waals surface area contributed by atoms with Crippen LogP contribution >= 0.6 is 0 Å². The van der Waals surface area contributed by atoms with E-state index in [0.717, 1.165) is 5.56 Å². The Morgan fingerprint density at radius 3 is 2.67 bits per heavy atom. The smallest absolute Gasteiger partial charge is 0.410 e. The summed E-state index contributed by atoms with van der Waals surface area (Å²) in [6, 6.07) is 13.1. The number of hydrogen-bond acceptors (Lipinski definition) is 6. The van der Waals surface area contributed by atoms with E-state index in [2.05, 4.69) is 4.98 Å². The molecule has 1 saturated heterocycles. The second-order valence-electron chi connectivity index (χ2n) is 7.17. The maximum atomic E-state index is 13.0. The van der Waals surface area contributed by atoms with Gasteiger partial charge in [-0.2, -0.15) is 0 Å². The Bertz CT molecular complexity index is 1110. The average Bonchev–Trinajstić information content (AvgIpc) is 3.07. The maximum Gasteiger partial charge on any atom is 0.410 e. The van der Waals surface area contributed by atoms with E-state index < -0.39 is 0 Å². The van der Waals surface area contributed by atoms with Gasteiger partial charge in [0.15, 0.2) is 11.5 Å². The third-order valence-corrected chi connectivity index (χ3v) is 4.96. The zero-order valence-electron chi connectivity index (χ0n) is 16.9. The molecule has 1 aliphatic heterocycles. The van der Waals surface area contributed by atoms with Gasteiger partial charge in [-0.3, -0.25) is 9.36 Å². The molecule has 2 heterocycles. The topological polar surface area (TPSA) is 82.9 Å². The predicted octanol–water partition coefficient (Wildman–Crippen LogP) is 2.67. The number of nitrogens with zero attached hydrogens (tertiary/aromatic N) is 3. The lowest BCUT2D eigenvalue weighted by Gasteiger charge is -2.15. The van der Waals surface area contributed by atoms with Crippen LogP contribution in [0.1, 0.15) is 12.5 Å². The summed E-state index contributed by atoms with van der Waals surface area (Å²) in [5.74, 6) is 0.912. The first-order valence-electron chi connectivity index (χ1n) is 9.74. The van der Waals surface area contributed by atoms with Crippen LogP contribution in [0, 0.1) is 0 Å². The molecule has 30 heavy (non-hydrogen) atoms. The number of aromatic nitrogens is 2. The molecular weight excluding hydrogens is 386 g/mol. The summed E-state index contributed by atoms with van der Waals surface area (Å²) in [6.07, 6.45) is 1.07. The lowest BCUT2D eigenvalue weighted by molar-refractivity contribution is 0.135. The van der Waals surface area contributed by atoms with Crippen molar-refractivity contribution >= 4 is 17.0 Å². The van der Waals surface area contributed by atoms with Crippen LogP contribution in [0.25, 0.3) is 10.9 Å². The van der Waals surface area contributed by atoms with Crippen LogP contribution in [-0.4, -0.2) is 53.5 Å². The van der Waals surface area contributed by atoms with E-state index in [1.807, 2.05) is 37.3 Å². The fourth-order valence-corrected chi connectivity index (χ4v) is 3.45. The van der Waals surface area contributed by atoms with E-state index in [1.54, 1.807) is 21.6 Å². The van der Waals surface area contributed by atoms with E-state index in [1.165, 1.54) is 13.4 Å². The molecule has 8 nitrogen and oxygen atoms in total. The number of rotatable bonds is 7. The molecule has 1 atom stereocenters. The van der Waals surface area contributed by atoms with Gasteiger partial charge in [-0.25, -0.2) is 9.78 Å². The summed E-state index contributed by atoms with van der Waals surface area (Å²) in [5, 5.41) is 0.443. The summed E-state index contributed by atoms with van der Waals surface area (Å²) < 4.78 is 17.9. The standard InChI is InChI=1S/C22H23N3O5/c1-15-12-24(22(27)30-15)8-9-29-20-10-17-18(11-19(20)28-2)23-14-25(21(17)26)13-16-6-4-3-5-7-16/h3-7,10-11,14-15H,8-9,12-13H2,1-2H3/t15-/m0/s1. The van der Waals surface area contributed by atoms with Crippen molar-refractivity contribution in [2.45, 2.75) is 19.6 Å². The maximum absolute atomic E-state index is 13.0. The molecule has 1 amide bonds. The molecule has 0 N–H and O–H groups in total. The highest BCUT2D eigenvalue weighted by Crippen LogP contribution is 2.30. The van der Waals surface area contributed by atoms with Crippen LogP contribution in [0.3, 0.4) is 0 Å². The van der Waals surface area contributed by atoms with Crippen LogP contribution in [0.5, 0.6) is 11.5 Å². The summed E-state index contributed by atoms with van der Waals surface area (Å²) >= 11 is 0. The molecule has 0 aliphatic carbocycles. The van der Waals surface area contributed by atoms with Gasteiger partial charge in [-0.05, 0) is 18.6 Å². The van der Waals surface area contributed by atoms with Crippen molar-refractivity contribution in [3.63, 3.8) is 0 Å². The summed E-state index contributed by atoms with van der Waals surface area (Å²) in [5.41, 5.74) is 1.39. The van der Waals surface area contributed by atoms with E-state index in [0.29, 0.717) is 42.0 Å². The Hall–Kier alpha value is -3.55. The minimum atomic E-state index is -0.343. The molecule has 1 fully saturated rings. The van der Waals surface area contributed by atoms with E-state index in [9.17, 15) is 9.59 Å². The Morgan fingerprint density at radius 1 is 1.17 bits per heavy atom. The molecule has 4 rings (SSSR count). The number of benzene rings is 2. The van der Waals surface area contributed by atoms with Crippen LogP contribution in [-0.2, 0) is 11.3 Å². The lowest BCUT2D eigenvalue weighted by atomic mass is 10.2. The number of hydrogen-bond donors (Lipinski definition) is 0. The van der Waals surface area contributed by atoms with Crippen LogP contribution in [0.15, 0.2) is 53.6 Å². The van der Waals surface area contributed by atoms with Gasteiger partial charge in [-0.15, -0.1) is 0 Å². The quantitative estimate of drug-likeness (QED) is 0.597. The number of methoxy groups -OCH3 is 1. The first kappa shape index (κ1) is 19.8. The SMILES string of the molecule is COc1cc2ncn(Cc3ccccc3)c(=O)c2cc1OCCN1C[C@H](C)OC1=O. The highest BCUT2D eigenvalue weighted by molar-refractivity contribution is 5.81. The van der Waals surface area contributed by atoms with Gasteiger partial charge in [0.1, 0.15) is 12.7 Å². The summed E-state index contributed by atoms with van der Waals surface area (Å²) in [4.78, 5) is 30.7. The fraction of sp³-hybridized carbons (Fsp3) is 0.318. The Balaban J connectivity index is 1.57. The third kappa shape index (κ3) is 4.07. The van der Waals surface area contributed by atoms with E-state index >= 15 is 0 Å². The normalized spacial score (nSPS) is 16.0. The molecule has 0 spiro atoms. The molecular formula is C22H23N3O5. The highest BCUT2D eigenvalue weighted by atomic mass is 16.6. The van der Waals surface area contributed by atoms with Gasteiger partial charge in [-0.1, -0.05) is 30.3 Å². The monoisotopic (exact) mass is 409 g/mol. The van der Waals surface area contributed by atoms with Gasteiger partial charge in [0, 0.05) is 6.07 Å². The number of carbonyl (C=O) groups excluding carboxylic acids is 1. The first-order valence-corrected chi connectivity index (χ1v) is 9.74. The van der Waals surface area contributed by atoms with E-state index in [4.69, 9.17) is 14.2 Å². The van der Waals surface area contributed by atoms with Crippen molar-refractivity contribution in [1.82, 2.24) is 14.5 Å². The van der Waals surface area contributed by atoms with Crippen LogP contribution < -0.4 is 15.0 Å². The predicted molar refractivity (Wildman–Crippen MR) is 111 cm³/mol. The van der Waals surface area contributed by atoms with Gasteiger partial charge < -0.3 is 19.1 Å². The first-order chi connectivity index (χ1) is 14.5. The molecule has 0 unspecified atom stereocenters. The lowest BCUT2D eigenvalue weighted by Crippen LogP contribution is -2.29. The summed E-state index contributed by atoms with van der Waals surface area (Å²) in [6.45, 7) is 3.45. The van der Waals surface area contributed by atoms with Crippen molar-refractivity contribution in [3.05, 3.63) is 64.7 Å². The van der Waals surface area contributed by atoms with Crippen LogP contribution in [0.4, 0.5) is 4.79 Å². The Labute approximate surface area is 173 Å². The highest BCUT2D eigenvalue weighted by Gasteiger charge is 2.27. The molecule has 1 aliphatic rings. The van der Waals surface area contributed by atoms with Gasteiger partial charge in [0.2, 0.25) is 0 Å². The number of amides is 1. The second-order valence-corrected chi connectivity index (χ2v) is 7.17. The Kier molecular flexibility index (Phi) is 5.56. The number of carbonyl (C=O) groups is 1. The second kappa shape index (κ2) is 8.44. The molecule has 0 saturated carbocycles. The molecule has 0 radical (unpaired) electrons. The van der Waals surface area contributed by atoms with Crippen molar-refractivity contribution in [2.75, 3.05) is 26.8 Å². The van der Waals surface area contributed by atoms with Crippen LogP contribution in [0.2, 0.25) is 0 Å². The fourth-order valence-electron chi connectivity index (χ4n) is 3.45. The van der Waals surface area contributed by atoms with Crippen molar-refractivity contribution in [2.24, 2.45) is 0 Å². The minimum absolute atomic E-state index is 0.123. The zero-order valence-corrected chi connectivity index (χ0v) is 16.9. The number of ether oxygens (including phenoxy) is 3. The minimum Gasteiger partial charge on any atom is -0.493 e. The summed E-state index contributed by atoms with van der Waals surface area (Å²) in [7, 11) is 1.53. The average molecular weight is 409 g/mol. The number of fused-ring (bicyclic) bond motifs is 1. The van der Waals surface area contributed by atoms with Crippen molar-refractivity contribution in [1.29, 1.82) is 0 Å². The van der Waals surface area contributed by atoms with Crippen molar-refractivity contribution < 1.29 is 19.0 Å². The van der Waals surface area contributed by atoms with Gasteiger partial charge in [0.05, 0.1) is 44.0 Å². The van der Waals surface area contributed by atoms with Gasteiger partial charge >= 0.3 is 6.09 Å². The molecule has 3 aromatic rings. The molecule has 8 heteroatoms. The third-order valence-electron chi connectivity index (χ3n) is 4.96. The Morgan fingerprint density at radius 2 is 1.97 bits per heavy atom. The molecule has 0 bridgehead atoms. The molecule has 2 aromatic carbocycles. The van der Waals surface area contributed by atoms with E-state index in [-0.39, 0.29) is 24.4 Å². The largest absolute Gasteiger partial charge is 0.493 e. The molecule has 156 valence electrons. The number of cyclic esters (lactones) is 1.